The van der Waals surface area contributed by atoms with Crippen molar-refractivity contribution in [2.45, 2.75) is 32.2 Å². The number of hydrogen-bond donors (Lipinski definition) is 2. The fourth-order valence-corrected chi connectivity index (χ4v) is 2.73. The van der Waals surface area contributed by atoms with E-state index in [0.717, 1.165) is 24.2 Å². The summed E-state index contributed by atoms with van der Waals surface area (Å²) in [6.07, 6.45) is 2.76. The summed E-state index contributed by atoms with van der Waals surface area (Å²) in [5.41, 5.74) is 1.44. The quantitative estimate of drug-likeness (QED) is 0.483. The highest BCUT2D eigenvalue weighted by atomic mass is 32.1. The normalized spacial score (nSPS) is 13.8. The Labute approximate surface area is 138 Å². The largest absolute Gasteiger partial charge is 0.349 e. The van der Waals surface area contributed by atoms with Crippen molar-refractivity contribution in [3.63, 3.8) is 0 Å². The van der Waals surface area contributed by atoms with Crippen LogP contribution in [0.25, 0.3) is 0 Å². The Morgan fingerprint density at radius 2 is 2.04 bits per heavy atom. The predicted molar refractivity (Wildman–Crippen MR) is 87.9 cm³/mol. The lowest BCUT2D eigenvalue weighted by molar-refractivity contribution is -0.116. The van der Waals surface area contributed by atoms with E-state index in [0.29, 0.717) is 29.3 Å². The third kappa shape index (κ3) is 3.56. The fourth-order valence-electron chi connectivity index (χ4n) is 2.43. The Kier molecular flexibility index (Phi) is 4.38. The molecule has 0 radical (unpaired) electrons. The maximum atomic E-state index is 12.0. The average Bonchev–Trinajstić information content (AvgIpc) is 3.31. The third-order valence-corrected chi connectivity index (χ3v) is 4.13. The zero-order valence-corrected chi connectivity index (χ0v) is 13.7. The number of nitrogens with one attached hydrogen (secondary N) is 2. The number of carbonyl (C=O) groups excluding carboxylic acids is 2. The Bertz CT molecular complexity index is 787. The van der Waals surface area contributed by atoms with Gasteiger partial charge in [0, 0.05) is 24.6 Å². The second-order valence-corrected chi connectivity index (χ2v) is 6.13. The van der Waals surface area contributed by atoms with E-state index >= 15 is 0 Å². The molecule has 3 rings (SSSR count). The van der Waals surface area contributed by atoms with Crippen LogP contribution in [0.2, 0.25) is 0 Å². The summed E-state index contributed by atoms with van der Waals surface area (Å²) < 4.78 is 2.62. The van der Waals surface area contributed by atoms with E-state index in [1.54, 1.807) is 12.1 Å². The van der Waals surface area contributed by atoms with Gasteiger partial charge in [-0.2, -0.15) is 5.10 Å². The number of aromatic nitrogens is 3. The maximum Gasteiger partial charge on any atom is 0.292 e. The van der Waals surface area contributed by atoms with Gasteiger partial charge in [0.25, 0.3) is 5.91 Å². The van der Waals surface area contributed by atoms with Gasteiger partial charge in [-0.05, 0) is 32.0 Å². The molecule has 23 heavy (non-hydrogen) atoms. The highest BCUT2D eigenvalue weighted by Crippen LogP contribution is 2.35. The predicted octanol–water partition coefficient (Wildman–Crippen LogP) is 2.13. The Hall–Kier alpha value is -2.28. The molecule has 1 saturated carbocycles. The van der Waals surface area contributed by atoms with Crippen LogP contribution in [0.1, 0.15) is 40.6 Å². The number of benzene rings is 1. The number of hydrogen-bond acceptors (Lipinski definition) is 4. The highest BCUT2D eigenvalue weighted by Gasteiger charge is 2.27. The van der Waals surface area contributed by atoms with E-state index in [2.05, 4.69) is 15.5 Å². The summed E-state index contributed by atoms with van der Waals surface area (Å²) in [6.45, 7) is 2.28. The van der Waals surface area contributed by atoms with Crippen molar-refractivity contribution in [1.29, 1.82) is 0 Å². The standard InChI is InChI=1S/C16H18N4O2S/c1-10-2-4-11(5-3-10)14(21)15(22)17-9-8-13-18-19-16(23)20(13)12-6-7-12/h2-5,12H,6-9H2,1H3,(H,17,22)(H,19,23). The summed E-state index contributed by atoms with van der Waals surface area (Å²) in [4.78, 5) is 24.0. The molecular formula is C16H18N4O2S. The van der Waals surface area contributed by atoms with Gasteiger partial charge in [-0.3, -0.25) is 14.7 Å². The summed E-state index contributed by atoms with van der Waals surface area (Å²) in [5.74, 6) is -0.299. The molecule has 1 fully saturated rings. The summed E-state index contributed by atoms with van der Waals surface area (Å²) in [6, 6.07) is 7.38. The summed E-state index contributed by atoms with van der Waals surface area (Å²) >= 11 is 5.21. The van der Waals surface area contributed by atoms with Gasteiger partial charge < -0.3 is 9.88 Å². The van der Waals surface area contributed by atoms with Crippen LogP contribution >= 0.6 is 12.2 Å². The number of aryl methyl sites for hydroxylation is 1. The minimum absolute atomic E-state index is 0.350. The lowest BCUT2D eigenvalue weighted by Crippen LogP contribution is -2.33. The molecular weight excluding hydrogens is 312 g/mol. The van der Waals surface area contributed by atoms with Crippen molar-refractivity contribution >= 4 is 23.9 Å². The molecule has 1 aliphatic carbocycles. The molecule has 0 aliphatic heterocycles. The second kappa shape index (κ2) is 6.45. The zero-order chi connectivity index (χ0) is 16.4. The van der Waals surface area contributed by atoms with E-state index in [9.17, 15) is 9.59 Å². The molecule has 7 heteroatoms. The number of amides is 1. The van der Waals surface area contributed by atoms with Gasteiger partial charge in [-0.1, -0.05) is 29.8 Å². The Morgan fingerprint density at radius 1 is 1.35 bits per heavy atom. The van der Waals surface area contributed by atoms with Gasteiger partial charge in [0.2, 0.25) is 5.78 Å². The second-order valence-electron chi connectivity index (χ2n) is 5.75. The van der Waals surface area contributed by atoms with Crippen LogP contribution in [-0.4, -0.2) is 33.0 Å². The smallest absolute Gasteiger partial charge is 0.292 e. The minimum atomic E-state index is -0.596. The Balaban J connectivity index is 1.56. The number of rotatable bonds is 6. The van der Waals surface area contributed by atoms with Crippen molar-refractivity contribution < 1.29 is 9.59 Å². The van der Waals surface area contributed by atoms with Gasteiger partial charge in [0.05, 0.1) is 0 Å². The van der Waals surface area contributed by atoms with Crippen molar-refractivity contribution in [2.24, 2.45) is 0 Å². The van der Waals surface area contributed by atoms with Gasteiger partial charge in [0.1, 0.15) is 5.82 Å². The van der Waals surface area contributed by atoms with Crippen molar-refractivity contribution in [1.82, 2.24) is 20.1 Å². The molecule has 1 aliphatic rings. The van der Waals surface area contributed by atoms with Crippen molar-refractivity contribution in [2.75, 3.05) is 6.54 Å². The first-order valence-electron chi connectivity index (χ1n) is 7.61. The molecule has 6 nitrogen and oxygen atoms in total. The van der Waals surface area contributed by atoms with Crippen molar-refractivity contribution in [3.05, 3.63) is 46.0 Å². The number of carbonyl (C=O) groups is 2. The van der Waals surface area contributed by atoms with E-state index in [4.69, 9.17) is 12.2 Å². The van der Waals surface area contributed by atoms with Crippen LogP contribution in [0.4, 0.5) is 0 Å². The van der Waals surface area contributed by atoms with Gasteiger partial charge >= 0.3 is 0 Å². The molecule has 0 bridgehead atoms. The zero-order valence-electron chi connectivity index (χ0n) is 12.8. The first-order valence-corrected chi connectivity index (χ1v) is 8.02. The van der Waals surface area contributed by atoms with E-state index in [1.165, 1.54) is 0 Å². The molecule has 1 aromatic carbocycles. The molecule has 1 aromatic heterocycles. The highest BCUT2D eigenvalue weighted by molar-refractivity contribution is 7.71. The summed E-state index contributed by atoms with van der Waals surface area (Å²) in [7, 11) is 0. The first kappa shape index (κ1) is 15.6. The van der Waals surface area contributed by atoms with E-state index in [1.807, 2.05) is 23.6 Å². The SMILES string of the molecule is Cc1ccc(C(=O)C(=O)NCCc2n[nH]c(=S)n2C2CC2)cc1. The summed E-state index contributed by atoms with van der Waals surface area (Å²) in [5, 5.41) is 9.63. The molecule has 0 spiro atoms. The Morgan fingerprint density at radius 3 is 2.70 bits per heavy atom. The molecule has 0 atom stereocenters. The topological polar surface area (TPSA) is 79.8 Å². The third-order valence-electron chi connectivity index (χ3n) is 3.84. The van der Waals surface area contributed by atoms with Crippen LogP contribution in [0, 0.1) is 11.7 Å². The maximum absolute atomic E-state index is 12.0. The molecule has 2 N–H and O–H groups in total. The number of aromatic amines is 1. The minimum Gasteiger partial charge on any atom is -0.349 e. The molecule has 1 amide bonds. The molecule has 1 heterocycles. The fraction of sp³-hybridized carbons (Fsp3) is 0.375. The van der Waals surface area contributed by atoms with Crippen LogP contribution in [0.15, 0.2) is 24.3 Å². The van der Waals surface area contributed by atoms with Gasteiger partial charge in [0.15, 0.2) is 4.77 Å². The number of ketones is 1. The van der Waals surface area contributed by atoms with E-state index in [-0.39, 0.29) is 0 Å². The van der Waals surface area contributed by atoms with Crippen LogP contribution < -0.4 is 5.32 Å². The average molecular weight is 330 g/mol. The number of H-pyrrole nitrogens is 1. The molecule has 2 aromatic rings. The van der Waals surface area contributed by atoms with Crippen LogP contribution in [0.3, 0.4) is 0 Å². The van der Waals surface area contributed by atoms with Gasteiger partial charge in [-0.15, -0.1) is 0 Å². The van der Waals surface area contributed by atoms with Crippen molar-refractivity contribution in [3.8, 4) is 0 Å². The lowest BCUT2D eigenvalue weighted by atomic mass is 10.1. The van der Waals surface area contributed by atoms with E-state index < -0.39 is 11.7 Å². The monoisotopic (exact) mass is 330 g/mol. The molecule has 120 valence electrons. The lowest BCUT2D eigenvalue weighted by Gasteiger charge is -2.06. The van der Waals surface area contributed by atoms with Crippen LogP contribution in [0.5, 0.6) is 0 Å². The van der Waals surface area contributed by atoms with Gasteiger partial charge in [-0.25, -0.2) is 0 Å². The first-order chi connectivity index (χ1) is 11.1. The molecule has 0 saturated heterocycles. The number of Topliss-reactive ketones (excluding diaryl/α,β-unsaturated/α-hetero) is 1. The van der Waals surface area contributed by atoms with Crippen LogP contribution in [-0.2, 0) is 11.2 Å². The number of nitrogens with zero attached hydrogens (tertiary/aromatic N) is 2. The molecule has 0 unspecified atom stereocenters.